The largest absolute Gasteiger partial charge is 0.319 e. The van der Waals surface area contributed by atoms with Crippen molar-refractivity contribution in [3.05, 3.63) is 62.9 Å². The van der Waals surface area contributed by atoms with Gasteiger partial charge < -0.3 is 5.32 Å². The minimum Gasteiger partial charge on any atom is -0.319 e. The fourth-order valence-electron chi connectivity index (χ4n) is 1.99. The van der Waals surface area contributed by atoms with Crippen LogP contribution >= 0.6 is 15.9 Å². The van der Waals surface area contributed by atoms with Crippen LogP contribution in [-0.4, -0.2) is 5.91 Å². The van der Waals surface area contributed by atoms with E-state index in [0.29, 0.717) is 10.0 Å². The molecule has 20 heavy (non-hydrogen) atoms. The van der Waals surface area contributed by atoms with Gasteiger partial charge in [-0.1, -0.05) is 22.0 Å². The predicted molar refractivity (Wildman–Crippen MR) is 82.7 cm³/mol. The van der Waals surface area contributed by atoms with Crippen LogP contribution in [0.2, 0.25) is 0 Å². The molecule has 104 valence electrons. The quantitative estimate of drug-likeness (QED) is 0.841. The van der Waals surface area contributed by atoms with Gasteiger partial charge in [-0.3, -0.25) is 4.79 Å². The maximum absolute atomic E-state index is 13.7. The third kappa shape index (κ3) is 3.07. The molecule has 0 fully saturated rings. The van der Waals surface area contributed by atoms with Crippen LogP contribution in [-0.2, 0) is 0 Å². The predicted octanol–water partition coefficient (Wildman–Crippen LogP) is 4.77. The molecule has 0 aliphatic heterocycles. The van der Waals surface area contributed by atoms with Crippen molar-refractivity contribution in [2.45, 2.75) is 20.8 Å². The third-order valence-corrected chi connectivity index (χ3v) is 3.76. The summed E-state index contributed by atoms with van der Waals surface area (Å²) in [7, 11) is 0. The summed E-state index contributed by atoms with van der Waals surface area (Å²) in [6.45, 7) is 5.82. The van der Waals surface area contributed by atoms with Crippen LogP contribution in [0, 0.1) is 26.6 Å². The molecule has 4 heteroatoms. The molecular formula is C16H15BrFNO. The fourth-order valence-corrected chi connectivity index (χ4v) is 2.32. The Balaban J connectivity index is 2.31. The van der Waals surface area contributed by atoms with Crippen molar-refractivity contribution in [2.75, 3.05) is 5.32 Å². The zero-order chi connectivity index (χ0) is 14.9. The lowest BCUT2D eigenvalue weighted by atomic mass is 10.0. The van der Waals surface area contributed by atoms with E-state index in [1.165, 1.54) is 12.1 Å². The molecule has 0 radical (unpaired) electrons. The van der Waals surface area contributed by atoms with E-state index in [9.17, 15) is 9.18 Å². The number of nitrogens with one attached hydrogen (secondary N) is 1. The highest BCUT2D eigenvalue weighted by molar-refractivity contribution is 9.10. The fraction of sp³-hybridized carbons (Fsp3) is 0.188. The normalized spacial score (nSPS) is 10.4. The van der Waals surface area contributed by atoms with Crippen molar-refractivity contribution in [3.63, 3.8) is 0 Å². The molecule has 1 amide bonds. The van der Waals surface area contributed by atoms with Gasteiger partial charge in [-0.25, -0.2) is 4.39 Å². The molecule has 0 aliphatic carbocycles. The van der Waals surface area contributed by atoms with E-state index in [2.05, 4.69) is 21.2 Å². The standard InChI is InChI=1S/C16H15BrFNO/c1-9-6-11(3)13(7-10(9)2)16(20)19-15-5-4-12(17)8-14(15)18/h4-8H,1-3H3,(H,19,20). The minimum atomic E-state index is -0.464. The van der Waals surface area contributed by atoms with Gasteiger partial charge in [-0.15, -0.1) is 0 Å². The molecule has 2 aromatic carbocycles. The molecule has 0 saturated carbocycles. The molecule has 0 atom stereocenters. The van der Waals surface area contributed by atoms with E-state index < -0.39 is 5.82 Å². The van der Waals surface area contributed by atoms with Crippen molar-refractivity contribution in [1.29, 1.82) is 0 Å². The zero-order valence-corrected chi connectivity index (χ0v) is 13.1. The van der Waals surface area contributed by atoms with Crippen molar-refractivity contribution < 1.29 is 9.18 Å². The summed E-state index contributed by atoms with van der Waals surface area (Å²) in [5.74, 6) is -0.763. The number of carbonyl (C=O) groups excluding carboxylic acids is 1. The van der Waals surface area contributed by atoms with Crippen molar-refractivity contribution in [2.24, 2.45) is 0 Å². The summed E-state index contributed by atoms with van der Waals surface area (Å²) >= 11 is 3.18. The smallest absolute Gasteiger partial charge is 0.256 e. The van der Waals surface area contributed by atoms with Gasteiger partial charge in [0.1, 0.15) is 5.82 Å². The van der Waals surface area contributed by atoms with E-state index in [4.69, 9.17) is 0 Å². The number of benzene rings is 2. The first-order valence-electron chi connectivity index (χ1n) is 6.22. The van der Waals surface area contributed by atoms with Crippen LogP contribution in [0.1, 0.15) is 27.0 Å². The molecule has 2 rings (SSSR count). The maximum atomic E-state index is 13.7. The Morgan fingerprint density at radius 2 is 1.70 bits per heavy atom. The monoisotopic (exact) mass is 335 g/mol. The summed E-state index contributed by atoms with van der Waals surface area (Å²) in [4.78, 5) is 12.2. The van der Waals surface area contributed by atoms with Gasteiger partial charge >= 0.3 is 0 Å². The van der Waals surface area contributed by atoms with Crippen LogP contribution < -0.4 is 5.32 Å². The first-order chi connectivity index (χ1) is 9.38. The first-order valence-corrected chi connectivity index (χ1v) is 7.02. The second-order valence-electron chi connectivity index (χ2n) is 4.83. The highest BCUT2D eigenvalue weighted by Gasteiger charge is 2.13. The van der Waals surface area contributed by atoms with E-state index in [1.54, 1.807) is 6.07 Å². The average molecular weight is 336 g/mol. The topological polar surface area (TPSA) is 29.1 Å². The summed E-state index contributed by atoms with van der Waals surface area (Å²) < 4.78 is 14.4. The van der Waals surface area contributed by atoms with Crippen molar-refractivity contribution >= 4 is 27.5 Å². The average Bonchev–Trinajstić information content (AvgIpc) is 2.37. The van der Waals surface area contributed by atoms with Crippen LogP contribution in [0.25, 0.3) is 0 Å². The van der Waals surface area contributed by atoms with Crippen LogP contribution in [0.4, 0.5) is 10.1 Å². The number of hydrogen-bond donors (Lipinski definition) is 1. The number of aryl methyl sites for hydroxylation is 3. The highest BCUT2D eigenvalue weighted by atomic mass is 79.9. The van der Waals surface area contributed by atoms with Gasteiger partial charge in [0.25, 0.3) is 5.91 Å². The van der Waals surface area contributed by atoms with Gasteiger partial charge in [0.2, 0.25) is 0 Å². The van der Waals surface area contributed by atoms with E-state index in [0.717, 1.165) is 16.7 Å². The van der Waals surface area contributed by atoms with Crippen molar-refractivity contribution in [1.82, 2.24) is 0 Å². The molecule has 0 aliphatic rings. The molecule has 0 bridgehead atoms. The Kier molecular flexibility index (Phi) is 4.23. The van der Waals surface area contributed by atoms with E-state index in [-0.39, 0.29) is 11.6 Å². The Morgan fingerprint density at radius 1 is 1.05 bits per heavy atom. The molecule has 0 saturated heterocycles. The lowest BCUT2D eigenvalue weighted by Gasteiger charge is -2.11. The van der Waals surface area contributed by atoms with E-state index >= 15 is 0 Å². The lowest BCUT2D eigenvalue weighted by molar-refractivity contribution is 0.102. The van der Waals surface area contributed by atoms with Gasteiger partial charge in [0, 0.05) is 10.0 Å². The SMILES string of the molecule is Cc1cc(C)c(C(=O)Nc2ccc(Br)cc2F)cc1C. The molecule has 0 spiro atoms. The molecule has 0 unspecified atom stereocenters. The molecule has 2 nitrogen and oxygen atoms in total. The summed E-state index contributed by atoms with van der Waals surface area (Å²) in [6.07, 6.45) is 0. The number of amides is 1. The van der Waals surface area contributed by atoms with Gasteiger partial charge in [0.05, 0.1) is 5.69 Å². The van der Waals surface area contributed by atoms with Crippen molar-refractivity contribution in [3.8, 4) is 0 Å². The highest BCUT2D eigenvalue weighted by Crippen LogP contribution is 2.21. The summed E-state index contributed by atoms with van der Waals surface area (Å²) in [5, 5.41) is 2.61. The number of carbonyl (C=O) groups is 1. The molecule has 0 heterocycles. The molecule has 2 aromatic rings. The second-order valence-corrected chi connectivity index (χ2v) is 5.75. The van der Waals surface area contributed by atoms with Gasteiger partial charge in [-0.05, 0) is 61.7 Å². The lowest BCUT2D eigenvalue weighted by Crippen LogP contribution is -2.15. The number of rotatable bonds is 2. The van der Waals surface area contributed by atoms with E-state index in [1.807, 2.05) is 32.9 Å². The van der Waals surface area contributed by atoms with Crippen LogP contribution in [0.3, 0.4) is 0 Å². The number of halogens is 2. The summed E-state index contributed by atoms with van der Waals surface area (Å²) in [5.41, 5.74) is 3.79. The Bertz CT molecular complexity index is 682. The Labute approximate surface area is 126 Å². The maximum Gasteiger partial charge on any atom is 0.256 e. The van der Waals surface area contributed by atoms with Crippen LogP contribution in [0.5, 0.6) is 0 Å². The van der Waals surface area contributed by atoms with Gasteiger partial charge in [0.15, 0.2) is 0 Å². The molecule has 0 aromatic heterocycles. The number of hydrogen-bond acceptors (Lipinski definition) is 1. The molecule has 1 N–H and O–H groups in total. The summed E-state index contributed by atoms with van der Waals surface area (Å²) in [6, 6.07) is 8.33. The molecular weight excluding hydrogens is 321 g/mol. The third-order valence-electron chi connectivity index (χ3n) is 3.26. The van der Waals surface area contributed by atoms with Gasteiger partial charge in [-0.2, -0.15) is 0 Å². The number of anilines is 1. The Morgan fingerprint density at radius 3 is 2.35 bits per heavy atom. The Hall–Kier alpha value is -1.68. The first kappa shape index (κ1) is 14.7. The van der Waals surface area contributed by atoms with Crippen LogP contribution in [0.15, 0.2) is 34.8 Å². The zero-order valence-electron chi connectivity index (χ0n) is 11.6. The second kappa shape index (κ2) is 5.75. The minimum absolute atomic E-state index is 0.177.